The van der Waals surface area contributed by atoms with Crippen LogP contribution in [0.3, 0.4) is 0 Å². The highest BCUT2D eigenvalue weighted by atomic mass is 35.5. The average Bonchev–Trinajstić information content (AvgIpc) is 2.54. The molecule has 8 heteroatoms. The van der Waals surface area contributed by atoms with Crippen molar-refractivity contribution in [2.75, 3.05) is 4.72 Å². The maximum Gasteiger partial charge on any atom is 0.335 e. The third-order valence-corrected chi connectivity index (χ3v) is 4.79. The Hall–Kier alpha value is -2.51. The van der Waals surface area contributed by atoms with Gasteiger partial charge in [0.1, 0.15) is 10.7 Å². The minimum Gasteiger partial charge on any atom is -0.478 e. The van der Waals surface area contributed by atoms with E-state index in [1.54, 1.807) is 0 Å². The Kier molecular flexibility index (Phi) is 4.21. The lowest BCUT2D eigenvalue weighted by Gasteiger charge is -2.19. The smallest absolute Gasteiger partial charge is 0.335 e. The van der Waals surface area contributed by atoms with Gasteiger partial charge in [-0.05, 0) is 42.0 Å². The van der Waals surface area contributed by atoms with Gasteiger partial charge < -0.3 is 9.83 Å². The summed E-state index contributed by atoms with van der Waals surface area (Å²) in [6.07, 6.45) is 1.28. The van der Waals surface area contributed by atoms with Crippen LogP contribution in [0.1, 0.15) is 26.3 Å². The molecule has 0 radical (unpaired) electrons. The number of nitrogens with one attached hydrogen (secondary N) is 1. The number of aromatic carboxylic acids is 1. The zero-order chi connectivity index (χ0) is 17.4. The molecule has 0 saturated heterocycles. The lowest BCUT2D eigenvalue weighted by molar-refractivity contribution is 0.0697. The Morgan fingerprint density at radius 1 is 1.25 bits per heavy atom. The lowest BCUT2D eigenvalue weighted by atomic mass is 10.0. The van der Waals surface area contributed by atoms with E-state index in [0.29, 0.717) is 5.56 Å². The number of fused-ring (bicyclic) bond motifs is 1. The van der Waals surface area contributed by atoms with Crippen molar-refractivity contribution in [1.29, 1.82) is 0 Å². The Morgan fingerprint density at radius 3 is 2.67 bits per heavy atom. The van der Waals surface area contributed by atoms with Crippen LogP contribution in [-0.2, 0) is 11.0 Å². The number of anilines is 1. The molecule has 3 rings (SSSR count). The van der Waals surface area contributed by atoms with Crippen molar-refractivity contribution in [3.8, 4) is 0 Å². The summed E-state index contributed by atoms with van der Waals surface area (Å²) in [4.78, 5) is 23.5. The first-order valence-corrected chi connectivity index (χ1v) is 8.17. The third kappa shape index (κ3) is 2.95. The van der Waals surface area contributed by atoms with Crippen molar-refractivity contribution >= 4 is 46.1 Å². The van der Waals surface area contributed by atoms with Crippen LogP contribution in [0.4, 0.5) is 10.1 Å². The minimum atomic E-state index is -1.84. The van der Waals surface area contributed by atoms with Crippen LogP contribution in [0, 0.1) is 5.82 Å². The highest BCUT2D eigenvalue weighted by Gasteiger charge is 2.28. The van der Waals surface area contributed by atoms with Gasteiger partial charge in [0.2, 0.25) is 5.78 Å². The highest BCUT2D eigenvalue weighted by molar-refractivity contribution is 7.91. The molecule has 2 aromatic rings. The largest absolute Gasteiger partial charge is 0.478 e. The average molecular weight is 366 g/mol. The van der Waals surface area contributed by atoms with Crippen molar-refractivity contribution in [2.24, 2.45) is 0 Å². The van der Waals surface area contributed by atoms with Crippen LogP contribution in [0.15, 0.2) is 41.3 Å². The molecule has 1 heterocycles. The molecule has 0 saturated carbocycles. The first kappa shape index (κ1) is 16.4. The van der Waals surface area contributed by atoms with Crippen LogP contribution in [0.5, 0.6) is 0 Å². The molecule has 5 nitrogen and oxygen atoms in total. The highest BCUT2D eigenvalue weighted by Crippen LogP contribution is 2.30. The van der Waals surface area contributed by atoms with Gasteiger partial charge in [-0.25, -0.2) is 13.4 Å². The number of carboxylic acid groups (broad SMARTS) is 1. The Morgan fingerprint density at radius 2 is 2.00 bits per heavy atom. The van der Waals surface area contributed by atoms with Crippen LogP contribution in [0.2, 0.25) is 5.02 Å². The summed E-state index contributed by atoms with van der Waals surface area (Å²) in [6.45, 7) is 0. The number of carbonyl (C=O) groups excluding carboxylic acids is 1. The Bertz CT molecular complexity index is 942. The van der Waals surface area contributed by atoms with E-state index in [0.717, 1.165) is 6.07 Å². The number of hydrogen-bond acceptors (Lipinski definition) is 3. The van der Waals surface area contributed by atoms with Gasteiger partial charge in [0, 0.05) is 5.56 Å². The van der Waals surface area contributed by atoms with Crippen LogP contribution in [-0.4, -0.2) is 21.1 Å². The van der Waals surface area contributed by atoms with E-state index in [9.17, 15) is 18.2 Å². The number of carboxylic acids is 1. The molecule has 0 aromatic heterocycles. The standard InChI is InChI=1S/C16H9ClFNO4S/c17-11-3-1-8(5-12(11)18)6-14-15(20)10-7-9(16(21)22)2-4-13(10)19-24(14)23/h1-7,19H,(H,21,22)/b14-6-. The predicted octanol–water partition coefficient (Wildman–Crippen LogP) is 3.49. The molecular weight excluding hydrogens is 357 g/mol. The minimum absolute atomic E-state index is 0.0616. The molecule has 1 atom stereocenters. The molecule has 0 spiro atoms. The van der Waals surface area contributed by atoms with Gasteiger partial charge in [-0.2, -0.15) is 0 Å². The zero-order valence-electron chi connectivity index (χ0n) is 11.9. The molecule has 0 bridgehead atoms. The SMILES string of the molecule is O=C(O)c1ccc2c(c1)C(=O)/C(=C/c1ccc(Cl)c(F)c1)S(=O)N2. The number of ketones is 1. The predicted molar refractivity (Wildman–Crippen MR) is 88.9 cm³/mol. The van der Waals surface area contributed by atoms with E-state index >= 15 is 0 Å². The fraction of sp³-hybridized carbons (Fsp3) is 0. The van der Waals surface area contributed by atoms with Crippen molar-refractivity contribution in [3.05, 3.63) is 68.8 Å². The van der Waals surface area contributed by atoms with Crippen LogP contribution < -0.4 is 4.72 Å². The number of halogens is 2. The summed E-state index contributed by atoms with van der Waals surface area (Å²) >= 11 is 5.60. The second-order valence-corrected chi connectivity index (χ2v) is 6.54. The normalized spacial score (nSPS) is 18.2. The number of carbonyl (C=O) groups is 2. The molecule has 2 aromatic carbocycles. The topological polar surface area (TPSA) is 83.5 Å². The van der Waals surface area contributed by atoms with E-state index in [2.05, 4.69) is 4.72 Å². The lowest BCUT2D eigenvalue weighted by Crippen LogP contribution is -2.23. The van der Waals surface area contributed by atoms with Gasteiger partial charge in [0.15, 0.2) is 11.0 Å². The number of rotatable bonds is 2. The van der Waals surface area contributed by atoms with Gasteiger partial charge in [-0.3, -0.25) is 4.79 Å². The molecule has 0 fully saturated rings. The third-order valence-electron chi connectivity index (χ3n) is 3.38. The molecule has 0 amide bonds. The molecule has 2 N–H and O–H groups in total. The van der Waals surface area contributed by atoms with E-state index < -0.39 is 28.6 Å². The second-order valence-electron chi connectivity index (χ2n) is 4.95. The van der Waals surface area contributed by atoms with Crippen molar-refractivity contribution in [2.45, 2.75) is 0 Å². The van der Waals surface area contributed by atoms with Gasteiger partial charge in [-0.15, -0.1) is 0 Å². The van der Waals surface area contributed by atoms with Crippen molar-refractivity contribution < 1.29 is 23.3 Å². The summed E-state index contributed by atoms with van der Waals surface area (Å²) in [7, 11) is -1.84. The zero-order valence-corrected chi connectivity index (χ0v) is 13.5. The van der Waals surface area contributed by atoms with Crippen LogP contribution >= 0.6 is 11.6 Å². The maximum atomic E-state index is 13.5. The number of hydrogen-bond donors (Lipinski definition) is 2. The summed E-state index contributed by atoms with van der Waals surface area (Å²) in [5, 5.41) is 8.95. The fourth-order valence-corrected chi connectivity index (χ4v) is 3.33. The van der Waals surface area contributed by atoms with E-state index in [-0.39, 0.29) is 26.7 Å². The first-order chi connectivity index (χ1) is 11.4. The van der Waals surface area contributed by atoms with Gasteiger partial charge in [0.05, 0.1) is 16.3 Å². The van der Waals surface area contributed by atoms with E-state index in [1.807, 2.05) is 0 Å². The van der Waals surface area contributed by atoms with Gasteiger partial charge in [-0.1, -0.05) is 17.7 Å². The first-order valence-electron chi connectivity index (χ1n) is 6.64. The second kappa shape index (κ2) is 6.18. The molecule has 24 heavy (non-hydrogen) atoms. The molecule has 1 unspecified atom stereocenters. The molecule has 1 aliphatic heterocycles. The molecular formula is C16H9ClFNO4S. The number of allylic oxidation sites excluding steroid dienone is 1. The summed E-state index contributed by atoms with van der Waals surface area (Å²) < 4.78 is 28.3. The van der Waals surface area contributed by atoms with Gasteiger partial charge >= 0.3 is 5.97 Å². The monoisotopic (exact) mass is 365 g/mol. The van der Waals surface area contributed by atoms with Crippen molar-refractivity contribution in [3.63, 3.8) is 0 Å². The fourth-order valence-electron chi connectivity index (χ4n) is 2.20. The van der Waals surface area contributed by atoms with E-state index in [1.165, 1.54) is 36.4 Å². The van der Waals surface area contributed by atoms with Crippen LogP contribution in [0.25, 0.3) is 6.08 Å². The number of benzene rings is 2. The Balaban J connectivity index is 2.07. The van der Waals surface area contributed by atoms with E-state index in [4.69, 9.17) is 16.7 Å². The summed E-state index contributed by atoms with van der Waals surface area (Å²) in [6, 6.07) is 7.81. The summed E-state index contributed by atoms with van der Waals surface area (Å²) in [5.41, 5.74) is 0.625. The Labute approximate surface area is 143 Å². The van der Waals surface area contributed by atoms with Crippen molar-refractivity contribution in [1.82, 2.24) is 0 Å². The van der Waals surface area contributed by atoms with Gasteiger partial charge in [0.25, 0.3) is 0 Å². The maximum absolute atomic E-state index is 13.5. The molecule has 122 valence electrons. The molecule has 0 aliphatic carbocycles. The number of Topliss-reactive ketones (excluding diaryl/α,β-unsaturated/α-hetero) is 1. The summed E-state index contributed by atoms with van der Waals surface area (Å²) in [5.74, 6) is -2.43. The quantitative estimate of drug-likeness (QED) is 0.798. The molecule has 1 aliphatic rings.